The molecule has 2 nitrogen and oxygen atoms in total. The largest absolute Gasteiger partial charge is 0.346 e. The van der Waals surface area contributed by atoms with Crippen LogP contribution in [-0.4, -0.2) is 16.0 Å². The third-order valence-corrected chi connectivity index (χ3v) is 4.89. The zero-order chi connectivity index (χ0) is 19.2. The van der Waals surface area contributed by atoms with E-state index in [9.17, 15) is 4.39 Å². The quantitative estimate of drug-likeness (QED) is 0.502. The Kier molecular flexibility index (Phi) is 6.46. The van der Waals surface area contributed by atoms with Crippen LogP contribution < -0.4 is 0 Å². The van der Waals surface area contributed by atoms with Crippen LogP contribution in [0, 0.1) is 18.7 Å². The molecule has 0 aliphatic heterocycles. The predicted molar refractivity (Wildman–Crippen MR) is 110 cm³/mol. The van der Waals surface area contributed by atoms with E-state index >= 15 is 0 Å². The van der Waals surface area contributed by atoms with Gasteiger partial charge in [-0.1, -0.05) is 56.3 Å². The van der Waals surface area contributed by atoms with Crippen LogP contribution in [0.4, 0.5) is 4.39 Å². The van der Waals surface area contributed by atoms with Crippen LogP contribution in [0.3, 0.4) is 0 Å². The highest BCUT2D eigenvalue weighted by molar-refractivity contribution is 5.25. The summed E-state index contributed by atoms with van der Waals surface area (Å²) in [5.41, 5.74) is 4.63. The van der Waals surface area contributed by atoms with Gasteiger partial charge in [-0.25, -0.2) is 4.39 Å². The van der Waals surface area contributed by atoms with Gasteiger partial charge in [-0.3, -0.25) is 4.90 Å². The van der Waals surface area contributed by atoms with Gasteiger partial charge in [0.2, 0.25) is 0 Å². The van der Waals surface area contributed by atoms with Gasteiger partial charge < -0.3 is 4.57 Å². The fraction of sp³-hybridized carbons (Fsp3) is 0.333. The van der Waals surface area contributed by atoms with Gasteiger partial charge in [-0.15, -0.1) is 0 Å². The lowest BCUT2D eigenvalue weighted by Crippen LogP contribution is -2.28. The summed E-state index contributed by atoms with van der Waals surface area (Å²) in [6, 6.07) is 19.8. The maximum Gasteiger partial charge on any atom is 0.128 e. The van der Waals surface area contributed by atoms with Gasteiger partial charge in [-0.05, 0) is 42.2 Å². The molecule has 0 saturated carbocycles. The second kappa shape index (κ2) is 9.01. The van der Waals surface area contributed by atoms with Crippen LogP contribution in [0.15, 0.2) is 66.9 Å². The first kappa shape index (κ1) is 19.4. The molecule has 3 aromatic rings. The van der Waals surface area contributed by atoms with Crippen molar-refractivity contribution in [3.8, 4) is 0 Å². The van der Waals surface area contributed by atoms with Gasteiger partial charge in [0.25, 0.3) is 0 Å². The summed E-state index contributed by atoms with van der Waals surface area (Å²) in [6.45, 7) is 10.0. The molecule has 3 heteroatoms. The van der Waals surface area contributed by atoms with E-state index in [0.29, 0.717) is 12.5 Å². The van der Waals surface area contributed by atoms with Crippen molar-refractivity contribution >= 4 is 0 Å². The number of nitrogens with zero attached hydrogens (tertiary/aromatic N) is 2. The molecule has 0 fully saturated rings. The smallest absolute Gasteiger partial charge is 0.128 e. The Balaban J connectivity index is 1.77. The van der Waals surface area contributed by atoms with E-state index in [0.717, 1.165) is 25.2 Å². The number of aryl methyl sites for hydroxylation is 1. The fourth-order valence-corrected chi connectivity index (χ4v) is 3.52. The molecule has 1 aromatic heterocycles. The number of benzene rings is 2. The SMILES string of the molecule is Cc1ccccc1CN(Cc1cccn1Cc1ccccc1F)CC(C)C. The lowest BCUT2D eigenvalue weighted by Gasteiger charge is -2.26. The molecule has 2 aromatic carbocycles. The number of hydrogen-bond donors (Lipinski definition) is 0. The molecule has 0 N–H and O–H groups in total. The van der Waals surface area contributed by atoms with Crippen molar-refractivity contribution in [3.05, 3.63) is 95.1 Å². The van der Waals surface area contributed by atoms with Gasteiger partial charge in [0, 0.05) is 37.1 Å². The topological polar surface area (TPSA) is 8.17 Å². The molecule has 0 bridgehead atoms. The number of halogens is 1. The van der Waals surface area contributed by atoms with E-state index in [4.69, 9.17) is 0 Å². The molecule has 0 unspecified atom stereocenters. The van der Waals surface area contributed by atoms with Crippen LogP contribution in [-0.2, 0) is 19.6 Å². The Labute approximate surface area is 162 Å². The molecule has 0 radical (unpaired) electrons. The summed E-state index contributed by atoms with van der Waals surface area (Å²) in [6.07, 6.45) is 2.04. The molecular weight excluding hydrogens is 335 g/mol. The summed E-state index contributed by atoms with van der Waals surface area (Å²) in [7, 11) is 0. The van der Waals surface area contributed by atoms with E-state index in [1.807, 2.05) is 18.3 Å². The first-order valence-electron chi connectivity index (χ1n) is 9.67. The summed E-state index contributed by atoms with van der Waals surface area (Å²) < 4.78 is 16.2. The van der Waals surface area contributed by atoms with Crippen LogP contribution in [0.1, 0.15) is 36.2 Å². The molecule has 0 atom stereocenters. The highest BCUT2D eigenvalue weighted by Crippen LogP contribution is 2.17. The Hall–Kier alpha value is -2.39. The molecule has 0 aliphatic carbocycles. The van der Waals surface area contributed by atoms with Gasteiger partial charge >= 0.3 is 0 Å². The Morgan fingerprint density at radius 1 is 0.889 bits per heavy atom. The second-order valence-electron chi connectivity index (χ2n) is 7.71. The maximum absolute atomic E-state index is 14.1. The van der Waals surface area contributed by atoms with Crippen LogP contribution >= 0.6 is 0 Å². The number of aromatic nitrogens is 1. The first-order chi connectivity index (χ1) is 13.0. The summed E-state index contributed by atoms with van der Waals surface area (Å²) in [5, 5.41) is 0. The minimum Gasteiger partial charge on any atom is -0.346 e. The molecule has 142 valence electrons. The summed E-state index contributed by atoms with van der Waals surface area (Å²) >= 11 is 0. The zero-order valence-corrected chi connectivity index (χ0v) is 16.5. The van der Waals surface area contributed by atoms with Crippen molar-refractivity contribution in [3.63, 3.8) is 0 Å². The highest BCUT2D eigenvalue weighted by atomic mass is 19.1. The molecule has 0 saturated heterocycles. The van der Waals surface area contributed by atoms with E-state index in [2.05, 4.69) is 66.6 Å². The summed E-state index contributed by atoms with van der Waals surface area (Å²) in [4.78, 5) is 2.49. The molecule has 0 amide bonds. The van der Waals surface area contributed by atoms with Gasteiger partial charge in [0.05, 0.1) is 6.54 Å². The molecule has 0 aliphatic rings. The third kappa shape index (κ3) is 5.30. The predicted octanol–water partition coefficient (Wildman–Crippen LogP) is 5.64. The molecule has 0 spiro atoms. The molecular formula is C24H29FN2. The molecule has 1 heterocycles. The second-order valence-corrected chi connectivity index (χ2v) is 7.71. The average molecular weight is 365 g/mol. The third-order valence-electron chi connectivity index (χ3n) is 4.89. The monoisotopic (exact) mass is 364 g/mol. The number of hydrogen-bond acceptors (Lipinski definition) is 1. The summed E-state index contributed by atoms with van der Waals surface area (Å²) in [5.74, 6) is 0.445. The molecule has 27 heavy (non-hydrogen) atoms. The Morgan fingerprint density at radius 2 is 1.59 bits per heavy atom. The Bertz CT molecular complexity index is 866. The highest BCUT2D eigenvalue weighted by Gasteiger charge is 2.13. The van der Waals surface area contributed by atoms with Crippen molar-refractivity contribution in [1.29, 1.82) is 0 Å². The zero-order valence-electron chi connectivity index (χ0n) is 16.5. The van der Waals surface area contributed by atoms with E-state index in [-0.39, 0.29) is 5.82 Å². The van der Waals surface area contributed by atoms with Crippen molar-refractivity contribution in [2.75, 3.05) is 6.54 Å². The van der Waals surface area contributed by atoms with Gasteiger partial charge in [0.15, 0.2) is 0 Å². The number of rotatable bonds is 8. The maximum atomic E-state index is 14.1. The van der Waals surface area contributed by atoms with Crippen LogP contribution in [0.5, 0.6) is 0 Å². The lowest BCUT2D eigenvalue weighted by atomic mass is 10.1. The van der Waals surface area contributed by atoms with Crippen LogP contribution in [0.25, 0.3) is 0 Å². The molecule has 3 rings (SSSR count). The van der Waals surface area contributed by atoms with Crippen molar-refractivity contribution in [1.82, 2.24) is 9.47 Å². The minimum atomic E-state index is -0.143. The van der Waals surface area contributed by atoms with E-state index < -0.39 is 0 Å². The standard InChI is InChI=1S/C24H29FN2/c1-19(2)15-26(16-21-10-5-4-9-20(21)3)18-23-12-8-14-27(23)17-22-11-6-7-13-24(22)25/h4-14,19H,15-18H2,1-3H3. The van der Waals surface area contributed by atoms with Crippen molar-refractivity contribution in [2.24, 2.45) is 5.92 Å². The fourth-order valence-electron chi connectivity index (χ4n) is 3.52. The van der Waals surface area contributed by atoms with Crippen molar-refractivity contribution < 1.29 is 4.39 Å². The lowest BCUT2D eigenvalue weighted by molar-refractivity contribution is 0.222. The van der Waals surface area contributed by atoms with Gasteiger partial charge in [-0.2, -0.15) is 0 Å². The van der Waals surface area contributed by atoms with Crippen LogP contribution in [0.2, 0.25) is 0 Å². The van der Waals surface area contributed by atoms with Crippen molar-refractivity contribution in [2.45, 2.75) is 40.4 Å². The minimum absolute atomic E-state index is 0.143. The van der Waals surface area contributed by atoms with E-state index in [1.165, 1.54) is 22.9 Å². The van der Waals surface area contributed by atoms with E-state index in [1.54, 1.807) is 6.07 Å². The van der Waals surface area contributed by atoms with Gasteiger partial charge in [0.1, 0.15) is 5.82 Å². The Morgan fingerprint density at radius 3 is 2.30 bits per heavy atom. The normalized spacial score (nSPS) is 11.5. The first-order valence-corrected chi connectivity index (χ1v) is 9.67. The average Bonchev–Trinajstić information content (AvgIpc) is 3.05.